The molecule has 0 spiro atoms. The summed E-state index contributed by atoms with van der Waals surface area (Å²) in [4.78, 5) is 11.8. The molecule has 1 aliphatic rings. The minimum atomic E-state index is 0.0556. The van der Waals surface area contributed by atoms with Gasteiger partial charge in [-0.05, 0) is 30.0 Å². The highest BCUT2D eigenvalue weighted by Gasteiger charge is 2.50. The molecular weight excluding hydrogens is 200 g/mol. The molecule has 0 bridgehead atoms. The molecule has 2 rings (SSSR count). The molecule has 1 aromatic rings. The lowest BCUT2D eigenvalue weighted by atomic mass is 10.1. The summed E-state index contributed by atoms with van der Waals surface area (Å²) in [5.41, 5.74) is 1.40. The van der Waals surface area contributed by atoms with Gasteiger partial charge in [-0.2, -0.15) is 5.26 Å². The first-order chi connectivity index (χ1) is 7.53. The van der Waals surface area contributed by atoms with Crippen molar-refractivity contribution in [3.05, 3.63) is 29.8 Å². The number of rotatable bonds is 2. The molecular formula is C13H14N2O. The van der Waals surface area contributed by atoms with Crippen LogP contribution in [0.15, 0.2) is 24.3 Å². The maximum atomic E-state index is 11.8. The SMILES string of the molecule is CC1(C)CC1C(=O)Nc1cccc(C#N)c1. The lowest BCUT2D eigenvalue weighted by Gasteiger charge is -2.06. The monoisotopic (exact) mass is 214 g/mol. The van der Waals surface area contributed by atoms with Crippen molar-refractivity contribution in [2.75, 3.05) is 5.32 Å². The number of hydrogen-bond donors (Lipinski definition) is 1. The fourth-order valence-electron chi connectivity index (χ4n) is 1.81. The van der Waals surface area contributed by atoms with Crippen LogP contribution in [0.3, 0.4) is 0 Å². The quantitative estimate of drug-likeness (QED) is 0.822. The fraction of sp³-hybridized carbons (Fsp3) is 0.385. The van der Waals surface area contributed by atoms with Crippen molar-refractivity contribution in [2.24, 2.45) is 11.3 Å². The second kappa shape index (κ2) is 3.64. The van der Waals surface area contributed by atoms with Crippen molar-refractivity contribution in [3.8, 4) is 6.07 Å². The third-order valence-corrected chi connectivity index (χ3v) is 3.09. The summed E-state index contributed by atoms with van der Waals surface area (Å²) < 4.78 is 0. The standard InChI is InChI=1S/C13H14N2O/c1-13(2)7-11(13)12(16)15-10-5-3-4-9(6-10)8-14/h3-6,11H,7H2,1-2H3,(H,15,16). The van der Waals surface area contributed by atoms with Crippen LogP contribution in [-0.4, -0.2) is 5.91 Å². The third kappa shape index (κ3) is 2.06. The largest absolute Gasteiger partial charge is 0.326 e. The van der Waals surface area contributed by atoms with E-state index in [-0.39, 0.29) is 17.2 Å². The van der Waals surface area contributed by atoms with Gasteiger partial charge >= 0.3 is 0 Å². The maximum absolute atomic E-state index is 11.8. The molecule has 1 N–H and O–H groups in total. The van der Waals surface area contributed by atoms with Crippen LogP contribution < -0.4 is 5.32 Å². The van der Waals surface area contributed by atoms with Gasteiger partial charge in [0.1, 0.15) is 0 Å². The van der Waals surface area contributed by atoms with E-state index in [1.807, 2.05) is 0 Å². The third-order valence-electron chi connectivity index (χ3n) is 3.09. The Morgan fingerprint density at radius 3 is 2.81 bits per heavy atom. The van der Waals surface area contributed by atoms with Gasteiger partial charge in [-0.25, -0.2) is 0 Å². The average molecular weight is 214 g/mol. The van der Waals surface area contributed by atoms with Crippen LogP contribution in [0.1, 0.15) is 25.8 Å². The minimum absolute atomic E-state index is 0.0556. The molecule has 16 heavy (non-hydrogen) atoms. The number of carbonyl (C=O) groups is 1. The molecule has 0 saturated heterocycles. The Kier molecular flexibility index (Phi) is 2.43. The van der Waals surface area contributed by atoms with E-state index in [4.69, 9.17) is 5.26 Å². The Labute approximate surface area is 95.1 Å². The summed E-state index contributed by atoms with van der Waals surface area (Å²) in [6, 6.07) is 9.03. The molecule has 1 amide bonds. The van der Waals surface area contributed by atoms with Crippen LogP contribution in [0, 0.1) is 22.7 Å². The van der Waals surface area contributed by atoms with Crippen LogP contribution in [-0.2, 0) is 4.79 Å². The van der Waals surface area contributed by atoms with Gasteiger partial charge in [-0.15, -0.1) is 0 Å². The molecule has 1 saturated carbocycles. The van der Waals surface area contributed by atoms with Crippen molar-refractivity contribution in [2.45, 2.75) is 20.3 Å². The van der Waals surface area contributed by atoms with Crippen LogP contribution >= 0.6 is 0 Å². The molecule has 3 heteroatoms. The summed E-state index contributed by atoms with van der Waals surface area (Å²) in [5, 5.41) is 11.6. The molecule has 82 valence electrons. The van der Waals surface area contributed by atoms with Crippen molar-refractivity contribution < 1.29 is 4.79 Å². The molecule has 0 aromatic heterocycles. The van der Waals surface area contributed by atoms with E-state index in [0.29, 0.717) is 11.3 Å². The maximum Gasteiger partial charge on any atom is 0.228 e. The van der Waals surface area contributed by atoms with Crippen LogP contribution in [0.4, 0.5) is 5.69 Å². The van der Waals surface area contributed by atoms with E-state index in [2.05, 4.69) is 25.2 Å². The summed E-state index contributed by atoms with van der Waals surface area (Å²) in [5.74, 6) is 0.165. The lowest BCUT2D eigenvalue weighted by molar-refractivity contribution is -0.117. The molecule has 3 nitrogen and oxygen atoms in total. The van der Waals surface area contributed by atoms with Gasteiger partial charge in [0.25, 0.3) is 0 Å². The van der Waals surface area contributed by atoms with Crippen LogP contribution in [0.2, 0.25) is 0 Å². The smallest absolute Gasteiger partial charge is 0.228 e. The van der Waals surface area contributed by atoms with Gasteiger partial charge in [0.15, 0.2) is 0 Å². The molecule has 0 heterocycles. The van der Waals surface area contributed by atoms with Crippen molar-refractivity contribution in [1.82, 2.24) is 0 Å². The zero-order valence-corrected chi connectivity index (χ0v) is 9.45. The van der Waals surface area contributed by atoms with E-state index >= 15 is 0 Å². The first kappa shape index (κ1) is 10.7. The molecule has 1 aliphatic carbocycles. The first-order valence-corrected chi connectivity index (χ1v) is 5.34. The van der Waals surface area contributed by atoms with Gasteiger partial charge < -0.3 is 5.32 Å². The van der Waals surface area contributed by atoms with E-state index in [9.17, 15) is 4.79 Å². The zero-order valence-electron chi connectivity index (χ0n) is 9.45. The summed E-state index contributed by atoms with van der Waals surface area (Å²) in [6.45, 7) is 4.17. The van der Waals surface area contributed by atoms with Gasteiger partial charge in [0.2, 0.25) is 5.91 Å². The summed E-state index contributed by atoms with van der Waals surface area (Å²) >= 11 is 0. The Morgan fingerprint density at radius 1 is 1.56 bits per heavy atom. The van der Waals surface area contributed by atoms with Gasteiger partial charge in [0, 0.05) is 11.6 Å². The summed E-state index contributed by atoms with van der Waals surface area (Å²) in [6.07, 6.45) is 0.941. The van der Waals surface area contributed by atoms with Gasteiger partial charge in [0.05, 0.1) is 11.6 Å². The predicted molar refractivity (Wildman–Crippen MR) is 61.7 cm³/mol. The van der Waals surface area contributed by atoms with Crippen molar-refractivity contribution in [1.29, 1.82) is 5.26 Å². The normalized spacial score (nSPS) is 20.9. The zero-order chi connectivity index (χ0) is 11.8. The Bertz CT molecular complexity index is 471. The van der Waals surface area contributed by atoms with Gasteiger partial charge in [-0.3, -0.25) is 4.79 Å². The fourth-order valence-corrected chi connectivity index (χ4v) is 1.81. The Hall–Kier alpha value is -1.82. The minimum Gasteiger partial charge on any atom is -0.326 e. The van der Waals surface area contributed by atoms with Crippen molar-refractivity contribution >= 4 is 11.6 Å². The number of anilines is 1. The predicted octanol–water partition coefficient (Wildman–Crippen LogP) is 2.54. The first-order valence-electron chi connectivity index (χ1n) is 5.34. The van der Waals surface area contributed by atoms with Gasteiger partial charge in [-0.1, -0.05) is 19.9 Å². The van der Waals surface area contributed by atoms with Crippen molar-refractivity contribution in [3.63, 3.8) is 0 Å². The second-order valence-electron chi connectivity index (χ2n) is 4.93. The number of benzene rings is 1. The molecule has 1 unspecified atom stereocenters. The topological polar surface area (TPSA) is 52.9 Å². The molecule has 1 atom stereocenters. The van der Waals surface area contributed by atoms with E-state index < -0.39 is 0 Å². The highest BCUT2D eigenvalue weighted by molar-refractivity contribution is 5.95. The number of nitriles is 1. The number of hydrogen-bond acceptors (Lipinski definition) is 2. The molecule has 1 aromatic carbocycles. The Balaban J connectivity index is 2.05. The average Bonchev–Trinajstić information content (AvgIpc) is 2.88. The lowest BCUT2D eigenvalue weighted by Crippen LogP contribution is -2.16. The molecule has 1 fully saturated rings. The second-order valence-corrected chi connectivity index (χ2v) is 4.93. The Morgan fingerprint density at radius 2 is 2.25 bits per heavy atom. The number of carbonyl (C=O) groups excluding carboxylic acids is 1. The van der Waals surface area contributed by atoms with Crippen LogP contribution in [0.25, 0.3) is 0 Å². The number of nitrogens with zero attached hydrogens (tertiary/aromatic N) is 1. The highest BCUT2D eigenvalue weighted by atomic mass is 16.2. The van der Waals surface area contributed by atoms with E-state index in [1.165, 1.54) is 0 Å². The number of amides is 1. The number of nitrogens with one attached hydrogen (secondary N) is 1. The van der Waals surface area contributed by atoms with Crippen LogP contribution in [0.5, 0.6) is 0 Å². The molecule has 0 radical (unpaired) electrons. The highest BCUT2D eigenvalue weighted by Crippen LogP contribution is 2.51. The molecule has 0 aliphatic heterocycles. The van der Waals surface area contributed by atoms with E-state index in [1.54, 1.807) is 24.3 Å². The van der Waals surface area contributed by atoms with E-state index in [0.717, 1.165) is 6.42 Å². The summed E-state index contributed by atoms with van der Waals surface area (Å²) in [7, 11) is 0.